The molecule has 0 saturated carbocycles. The van der Waals surface area contributed by atoms with E-state index in [4.69, 9.17) is 10.5 Å². The van der Waals surface area contributed by atoms with Crippen LogP contribution in [-0.4, -0.2) is 61.6 Å². The second-order valence-corrected chi connectivity index (χ2v) is 4.92. The van der Waals surface area contributed by atoms with Crippen LogP contribution in [0.3, 0.4) is 0 Å². The molecule has 1 aromatic rings. The molecule has 5 nitrogen and oxygen atoms in total. The third kappa shape index (κ3) is 4.51. The first-order valence-corrected chi connectivity index (χ1v) is 7.17. The molecule has 2 rings (SSSR count). The molecule has 20 heavy (non-hydrogen) atoms. The highest BCUT2D eigenvalue weighted by Gasteiger charge is 2.19. The molecule has 1 heterocycles. The molecule has 2 N–H and O–H groups in total. The molecule has 0 unspecified atom stereocenters. The van der Waals surface area contributed by atoms with Gasteiger partial charge in [0.05, 0.1) is 0 Å². The Bertz CT molecular complexity index is 403. The molecule has 0 spiro atoms. The number of amides is 1. The summed E-state index contributed by atoms with van der Waals surface area (Å²) in [5, 5.41) is 0. The third-order valence-electron chi connectivity index (χ3n) is 3.50. The monoisotopic (exact) mass is 277 g/mol. The molecular formula is C15H23N3O2. The van der Waals surface area contributed by atoms with Gasteiger partial charge in [-0.25, -0.2) is 0 Å². The summed E-state index contributed by atoms with van der Waals surface area (Å²) in [5.74, 6) is 1.08. The zero-order valence-electron chi connectivity index (χ0n) is 11.8. The van der Waals surface area contributed by atoms with E-state index in [-0.39, 0.29) is 5.91 Å². The molecule has 1 aromatic carbocycles. The average molecular weight is 277 g/mol. The van der Waals surface area contributed by atoms with Crippen LogP contribution in [0.4, 0.5) is 0 Å². The lowest BCUT2D eigenvalue weighted by atomic mass is 10.3. The maximum atomic E-state index is 11.7. The minimum absolute atomic E-state index is 0.174. The normalized spacial score (nSPS) is 16.1. The summed E-state index contributed by atoms with van der Waals surface area (Å²) in [4.78, 5) is 15.9. The van der Waals surface area contributed by atoms with Crippen LogP contribution in [0, 0.1) is 0 Å². The van der Waals surface area contributed by atoms with Crippen LogP contribution in [-0.2, 0) is 4.79 Å². The van der Waals surface area contributed by atoms with Crippen LogP contribution in [0.15, 0.2) is 30.3 Å². The standard InChI is InChI=1S/C15H23N3O2/c16-7-6-15(19)18-10-8-17(9-11-18)12-13-20-14-4-2-1-3-5-14/h1-5H,6-13,16H2. The Morgan fingerprint density at radius 2 is 1.85 bits per heavy atom. The number of benzene rings is 1. The van der Waals surface area contributed by atoms with Crippen molar-refractivity contribution >= 4 is 5.91 Å². The molecule has 0 aliphatic carbocycles. The Labute approximate surface area is 120 Å². The van der Waals surface area contributed by atoms with Crippen LogP contribution in [0.5, 0.6) is 5.75 Å². The van der Waals surface area contributed by atoms with Crippen molar-refractivity contribution in [2.75, 3.05) is 45.9 Å². The molecule has 1 saturated heterocycles. The molecule has 110 valence electrons. The van der Waals surface area contributed by atoms with Crippen LogP contribution < -0.4 is 10.5 Å². The molecule has 0 atom stereocenters. The predicted octanol–water partition coefficient (Wildman–Crippen LogP) is 0.558. The van der Waals surface area contributed by atoms with Gasteiger partial charge in [0.1, 0.15) is 12.4 Å². The van der Waals surface area contributed by atoms with Gasteiger partial charge < -0.3 is 15.4 Å². The number of para-hydroxylation sites is 1. The van der Waals surface area contributed by atoms with Crippen molar-refractivity contribution in [3.8, 4) is 5.75 Å². The first-order chi connectivity index (χ1) is 9.79. The highest BCUT2D eigenvalue weighted by Crippen LogP contribution is 2.08. The fourth-order valence-corrected chi connectivity index (χ4v) is 2.31. The van der Waals surface area contributed by atoms with Gasteiger partial charge >= 0.3 is 0 Å². The molecule has 1 fully saturated rings. The van der Waals surface area contributed by atoms with Gasteiger partial charge in [-0.1, -0.05) is 18.2 Å². The SMILES string of the molecule is NCCC(=O)N1CCN(CCOc2ccccc2)CC1. The quantitative estimate of drug-likeness (QED) is 0.825. The van der Waals surface area contributed by atoms with Crippen molar-refractivity contribution < 1.29 is 9.53 Å². The lowest BCUT2D eigenvalue weighted by Crippen LogP contribution is -2.49. The minimum atomic E-state index is 0.174. The van der Waals surface area contributed by atoms with Crippen LogP contribution in [0.25, 0.3) is 0 Å². The minimum Gasteiger partial charge on any atom is -0.492 e. The van der Waals surface area contributed by atoms with E-state index in [0.29, 0.717) is 19.6 Å². The van der Waals surface area contributed by atoms with Gasteiger partial charge in [-0.3, -0.25) is 9.69 Å². The molecule has 0 bridgehead atoms. The van der Waals surface area contributed by atoms with Gasteiger partial charge in [-0.15, -0.1) is 0 Å². The molecule has 1 aliphatic heterocycles. The van der Waals surface area contributed by atoms with Crippen LogP contribution in [0.2, 0.25) is 0 Å². The van der Waals surface area contributed by atoms with E-state index in [1.807, 2.05) is 35.2 Å². The number of piperazine rings is 1. The molecule has 0 aromatic heterocycles. The number of hydrogen-bond donors (Lipinski definition) is 1. The van der Waals surface area contributed by atoms with E-state index >= 15 is 0 Å². The van der Waals surface area contributed by atoms with E-state index in [1.165, 1.54) is 0 Å². The first kappa shape index (κ1) is 14.8. The van der Waals surface area contributed by atoms with Crippen molar-refractivity contribution in [2.45, 2.75) is 6.42 Å². The van der Waals surface area contributed by atoms with Gasteiger partial charge in [0, 0.05) is 45.7 Å². The summed E-state index contributed by atoms with van der Waals surface area (Å²) in [6.07, 6.45) is 0.455. The van der Waals surface area contributed by atoms with E-state index in [9.17, 15) is 4.79 Å². The Balaban J connectivity index is 1.63. The Morgan fingerprint density at radius 1 is 1.15 bits per heavy atom. The van der Waals surface area contributed by atoms with E-state index in [0.717, 1.165) is 38.5 Å². The van der Waals surface area contributed by atoms with Gasteiger partial charge in [-0.05, 0) is 12.1 Å². The number of rotatable bonds is 6. The van der Waals surface area contributed by atoms with Crippen LogP contribution >= 0.6 is 0 Å². The Hall–Kier alpha value is -1.59. The lowest BCUT2D eigenvalue weighted by Gasteiger charge is -2.34. The third-order valence-corrected chi connectivity index (χ3v) is 3.50. The summed E-state index contributed by atoms with van der Waals surface area (Å²) in [7, 11) is 0. The number of carbonyl (C=O) groups is 1. The zero-order valence-corrected chi connectivity index (χ0v) is 11.8. The Kier molecular flexibility index (Phi) is 5.83. The Morgan fingerprint density at radius 3 is 2.50 bits per heavy atom. The number of hydrogen-bond acceptors (Lipinski definition) is 4. The van der Waals surface area contributed by atoms with Crippen molar-refractivity contribution in [1.29, 1.82) is 0 Å². The number of nitrogens with zero attached hydrogens (tertiary/aromatic N) is 2. The summed E-state index contributed by atoms with van der Waals surface area (Å²) >= 11 is 0. The molecule has 5 heteroatoms. The van der Waals surface area contributed by atoms with E-state index in [1.54, 1.807) is 0 Å². The summed E-state index contributed by atoms with van der Waals surface area (Å²) in [6.45, 7) is 5.43. The highest BCUT2D eigenvalue weighted by molar-refractivity contribution is 5.76. The van der Waals surface area contributed by atoms with Gasteiger partial charge in [0.15, 0.2) is 0 Å². The maximum absolute atomic E-state index is 11.7. The van der Waals surface area contributed by atoms with Gasteiger partial charge in [0.25, 0.3) is 0 Å². The summed E-state index contributed by atoms with van der Waals surface area (Å²) in [5.41, 5.74) is 5.41. The number of nitrogens with two attached hydrogens (primary N) is 1. The topological polar surface area (TPSA) is 58.8 Å². The fourth-order valence-electron chi connectivity index (χ4n) is 2.31. The van der Waals surface area contributed by atoms with Crippen molar-refractivity contribution in [3.63, 3.8) is 0 Å². The van der Waals surface area contributed by atoms with Gasteiger partial charge in [-0.2, -0.15) is 0 Å². The average Bonchev–Trinajstić information content (AvgIpc) is 2.49. The van der Waals surface area contributed by atoms with Crippen molar-refractivity contribution in [1.82, 2.24) is 9.80 Å². The smallest absolute Gasteiger partial charge is 0.223 e. The maximum Gasteiger partial charge on any atom is 0.223 e. The highest BCUT2D eigenvalue weighted by atomic mass is 16.5. The van der Waals surface area contributed by atoms with Gasteiger partial charge in [0.2, 0.25) is 5.91 Å². The van der Waals surface area contributed by atoms with Crippen molar-refractivity contribution in [2.24, 2.45) is 5.73 Å². The lowest BCUT2D eigenvalue weighted by molar-refractivity contribution is -0.132. The van der Waals surface area contributed by atoms with E-state index in [2.05, 4.69) is 4.90 Å². The molecule has 1 aliphatic rings. The largest absolute Gasteiger partial charge is 0.492 e. The number of carbonyl (C=O) groups excluding carboxylic acids is 1. The molecule has 1 amide bonds. The summed E-state index contributed by atoms with van der Waals surface area (Å²) in [6, 6.07) is 9.84. The van der Waals surface area contributed by atoms with Crippen molar-refractivity contribution in [3.05, 3.63) is 30.3 Å². The number of ether oxygens (including phenoxy) is 1. The molecular weight excluding hydrogens is 254 g/mol. The summed E-state index contributed by atoms with van der Waals surface area (Å²) < 4.78 is 5.68. The van der Waals surface area contributed by atoms with E-state index < -0.39 is 0 Å². The van der Waals surface area contributed by atoms with Crippen LogP contribution in [0.1, 0.15) is 6.42 Å². The zero-order chi connectivity index (χ0) is 14.2. The predicted molar refractivity (Wildman–Crippen MR) is 78.6 cm³/mol. The second-order valence-electron chi connectivity index (χ2n) is 4.92. The fraction of sp³-hybridized carbons (Fsp3) is 0.533. The first-order valence-electron chi connectivity index (χ1n) is 7.17. The second kappa shape index (κ2) is 7.87. The molecule has 0 radical (unpaired) electrons.